The molecule has 1 aromatic rings. The molecule has 1 fully saturated rings. The van der Waals surface area contributed by atoms with Crippen LogP contribution in [-0.2, 0) is 0 Å². The molecule has 0 saturated heterocycles. The lowest BCUT2D eigenvalue weighted by Gasteiger charge is -2.12. The molecule has 1 heterocycles. The largest absolute Gasteiger partial charge is 0.293 e. The van der Waals surface area contributed by atoms with Crippen LogP contribution in [0.1, 0.15) is 41.4 Å². The predicted octanol–water partition coefficient (Wildman–Crippen LogP) is 4.44. The van der Waals surface area contributed by atoms with Gasteiger partial charge in [0.2, 0.25) is 0 Å². The van der Waals surface area contributed by atoms with E-state index in [9.17, 15) is 4.79 Å². The Bertz CT molecular complexity index is 363. The first-order valence-electron chi connectivity index (χ1n) is 5.39. The fourth-order valence-corrected chi connectivity index (χ4v) is 3.84. The number of halogens is 1. The van der Waals surface area contributed by atoms with Crippen molar-refractivity contribution in [2.45, 2.75) is 33.1 Å². The average molecular weight is 287 g/mol. The van der Waals surface area contributed by atoms with Crippen LogP contribution in [0.4, 0.5) is 0 Å². The lowest BCUT2D eigenvalue weighted by Crippen LogP contribution is -2.15. The molecule has 1 aliphatic rings. The van der Waals surface area contributed by atoms with E-state index in [1.165, 1.54) is 18.4 Å². The van der Waals surface area contributed by atoms with Gasteiger partial charge in [0.1, 0.15) is 0 Å². The molecule has 0 amide bonds. The summed E-state index contributed by atoms with van der Waals surface area (Å²) in [6.45, 7) is 4.24. The van der Waals surface area contributed by atoms with Crippen LogP contribution in [0.15, 0.2) is 9.85 Å². The van der Waals surface area contributed by atoms with Gasteiger partial charge in [0.15, 0.2) is 5.78 Å². The number of thiophene rings is 1. The molecule has 1 saturated carbocycles. The van der Waals surface area contributed by atoms with Crippen molar-refractivity contribution >= 4 is 33.0 Å². The molecular weight excluding hydrogens is 272 g/mol. The van der Waals surface area contributed by atoms with Crippen LogP contribution in [0.3, 0.4) is 0 Å². The maximum absolute atomic E-state index is 12.2. The van der Waals surface area contributed by atoms with Crippen LogP contribution in [-0.4, -0.2) is 5.78 Å². The van der Waals surface area contributed by atoms with Crippen molar-refractivity contribution in [3.63, 3.8) is 0 Å². The van der Waals surface area contributed by atoms with E-state index in [1.54, 1.807) is 11.3 Å². The number of carbonyl (C=O) groups is 1. The van der Waals surface area contributed by atoms with E-state index in [1.807, 2.05) is 13.0 Å². The van der Waals surface area contributed by atoms with Gasteiger partial charge in [-0.05, 0) is 53.2 Å². The Balaban J connectivity index is 2.20. The zero-order chi connectivity index (χ0) is 11.0. The fraction of sp³-hybridized carbons (Fsp3) is 0.583. The average Bonchev–Trinajstić information content (AvgIpc) is 2.74. The summed E-state index contributed by atoms with van der Waals surface area (Å²) in [5.41, 5.74) is 1.18. The van der Waals surface area contributed by atoms with Gasteiger partial charge in [-0.2, -0.15) is 0 Å². The zero-order valence-electron chi connectivity index (χ0n) is 9.05. The van der Waals surface area contributed by atoms with Crippen LogP contribution >= 0.6 is 27.3 Å². The first kappa shape index (κ1) is 11.3. The van der Waals surface area contributed by atoms with Crippen LogP contribution in [0, 0.1) is 18.8 Å². The van der Waals surface area contributed by atoms with E-state index in [0.717, 1.165) is 15.1 Å². The molecule has 1 aromatic heterocycles. The van der Waals surface area contributed by atoms with Gasteiger partial charge < -0.3 is 0 Å². The molecule has 2 unspecified atom stereocenters. The molecule has 3 heteroatoms. The van der Waals surface area contributed by atoms with Gasteiger partial charge in [-0.3, -0.25) is 4.79 Å². The van der Waals surface area contributed by atoms with Gasteiger partial charge in [0, 0.05) is 5.92 Å². The maximum Gasteiger partial charge on any atom is 0.176 e. The van der Waals surface area contributed by atoms with Gasteiger partial charge in [-0.25, -0.2) is 0 Å². The van der Waals surface area contributed by atoms with Crippen LogP contribution in [0.2, 0.25) is 0 Å². The second-order valence-electron chi connectivity index (χ2n) is 4.45. The maximum atomic E-state index is 12.2. The van der Waals surface area contributed by atoms with Gasteiger partial charge in [0.05, 0.1) is 8.66 Å². The van der Waals surface area contributed by atoms with Gasteiger partial charge >= 0.3 is 0 Å². The number of hydrogen-bond donors (Lipinski definition) is 0. The normalized spacial score (nSPS) is 25.8. The van der Waals surface area contributed by atoms with E-state index < -0.39 is 0 Å². The lowest BCUT2D eigenvalue weighted by atomic mass is 9.93. The van der Waals surface area contributed by atoms with E-state index in [4.69, 9.17) is 0 Å². The van der Waals surface area contributed by atoms with E-state index in [2.05, 4.69) is 22.9 Å². The van der Waals surface area contributed by atoms with Crippen molar-refractivity contribution in [1.29, 1.82) is 0 Å². The highest BCUT2D eigenvalue weighted by atomic mass is 79.9. The first-order chi connectivity index (χ1) is 7.09. The summed E-state index contributed by atoms with van der Waals surface area (Å²) in [4.78, 5) is 13.1. The number of ketones is 1. The Morgan fingerprint density at radius 1 is 1.53 bits per heavy atom. The Labute approximate surface area is 103 Å². The van der Waals surface area contributed by atoms with Gasteiger partial charge in [0.25, 0.3) is 0 Å². The van der Waals surface area contributed by atoms with Crippen molar-refractivity contribution in [2.75, 3.05) is 0 Å². The van der Waals surface area contributed by atoms with Crippen molar-refractivity contribution in [3.8, 4) is 0 Å². The third kappa shape index (κ3) is 2.18. The first-order valence-corrected chi connectivity index (χ1v) is 7.00. The number of hydrogen-bond acceptors (Lipinski definition) is 2. The van der Waals surface area contributed by atoms with Crippen LogP contribution in [0.25, 0.3) is 0 Å². The molecule has 2 rings (SSSR count). The minimum Gasteiger partial charge on any atom is -0.293 e. The highest BCUT2D eigenvalue weighted by Crippen LogP contribution is 2.36. The minimum atomic E-state index is 0.273. The topological polar surface area (TPSA) is 17.1 Å². The van der Waals surface area contributed by atoms with Gasteiger partial charge in [-0.1, -0.05) is 13.3 Å². The van der Waals surface area contributed by atoms with E-state index >= 15 is 0 Å². The summed E-state index contributed by atoms with van der Waals surface area (Å²) in [6, 6.07) is 2.02. The number of aryl methyl sites for hydroxylation is 1. The molecule has 0 bridgehead atoms. The number of carbonyl (C=O) groups excluding carboxylic acids is 1. The smallest absolute Gasteiger partial charge is 0.176 e. The second-order valence-corrected chi connectivity index (χ2v) is 6.82. The Morgan fingerprint density at radius 2 is 2.27 bits per heavy atom. The molecule has 0 spiro atoms. The van der Waals surface area contributed by atoms with Crippen molar-refractivity contribution < 1.29 is 4.79 Å². The molecule has 0 radical (unpaired) electrons. The standard InChI is InChI=1S/C12H15BrOS/c1-7-4-3-5-9(7)11(14)10-6-8(2)12(13)15-10/h6-7,9H,3-5H2,1-2H3. The zero-order valence-corrected chi connectivity index (χ0v) is 11.5. The van der Waals surface area contributed by atoms with Crippen LogP contribution in [0.5, 0.6) is 0 Å². The molecule has 15 heavy (non-hydrogen) atoms. The predicted molar refractivity (Wildman–Crippen MR) is 67.6 cm³/mol. The third-order valence-electron chi connectivity index (χ3n) is 3.30. The molecule has 0 N–H and O–H groups in total. The molecule has 1 aliphatic carbocycles. The summed E-state index contributed by atoms with van der Waals surface area (Å²) in [6.07, 6.45) is 3.50. The minimum absolute atomic E-state index is 0.273. The van der Waals surface area contributed by atoms with E-state index in [-0.39, 0.29) is 5.92 Å². The molecule has 2 atom stereocenters. The van der Waals surface area contributed by atoms with Crippen molar-refractivity contribution in [3.05, 3.63) is 20.3 Å². The Hall–Kier alpha value is -0.150. The molecule has 1 nitrogen and oxygen atoms in total. The SMILES string of the molecule is Cc1cc(C(=O)C2CCCC2C)sc1Br. The third-order valence-corrected chi connectivity index (χ3v) is 5.45. The Morgan fingerprint density at radius 3 is 2.73 bits per heavy atom. The fourth-order valence-electron chi connectivity index (χ4n) is 2.30. The van der Waals surface area contributed by atoms with Crippen molar-refractivity contribution in [2.24, 2.45) is 11.8 Å². The highest BCUT2D eigenvalue weighted by Gasteiger charge is 2.31. The highest BCUT2D eigenvalue weighted by molar-refractivity contribution is 9.11. The number of rotatable bonds is 2. The van der Waals surface area contributed by atoms with E-state index in [0.29, 0.717) is 11.7 Å². The quantitative estimate of drug-likeness (QED) is 0.735. The molecule has 0 aliphatic heterocycles. The van der Waals surface area contributed by atoms with Crippen LogP contribution < -0.4 is 0 Å². The van der Waals surface area contributed by atoms with Gasteiger partial charge in [-0.15, -0.1) is 11.3 Å². The molecule has 0 aromatic carbocycles. The summed E-state index contributed by atoms with van der Waals surface area (Å²) in [7, 11) is 0. The molecule has 82 valence electrons. The summed E-state index contributed by atoms with van der Waals surface area (Å²) in [5.74, 6) is 1.20. The molecular formula is C12H15BrOS. The summed E-state index contributed by atoms with van der Waals surface area (Å²) < 4.78 is 1.09. The second kappa shape index (κ2) is 4.38. The lowest BCUT2D eigenvalue weighted by molar-refractivity contribution is 0.0901. The summed E-state index contributed by atoms with van der Waals surface area (Å²) in [5, 5.41) is 0. The monoisotopic (exact) mass is 286 g/mol. The Kier molecular flexibility index (Phi) is 3.31. The number of Topliss-reactive ketones (excluding diaryl/α,β-unsaturated/α-hetero) is 1. The summed E-state index contributed by atoms with van der Waals surface area (Å²) >= 11 is 5.05. The van der Waals surface area contributed by atoms with Crippen molar-refractivity contribution in [1.82, 2.24) is 0 Å².